The number of carbonyl (C=O) groups is 2. The minimum Gasteiger partial charge on any atom is -0.459 e. The van der Waals surface area contributed by atoms with E-state index in [0.29, 0.717) is 11.4 Å². The molecule has 4 rings (SSSR count). The molecule has 0 fully saturated rings. The van der Waals surface area contributed by atoms with Crippen molar-refractivity contribution in [3.8, 4) is 5.69 Å². The Kier molecular flexibility index (Phi) is 5.25. The number of amides is 2. The molecule has 2 aromatic carbocycles. The highest BCUT2D eigenvalue weighted by atomic mass is 16.3. The molecule has 2 aromatic heterocycles. The van der Waals surface area contributed by atoms with E-state index in [-0.39, 0.29) is 24.0 Å². The van der Waals surface area contributed by atoms with Crippen LogP contribution < -0.4 is 10.6 Å². The lowest BCUT2D eigenvalue weighted by atomic mass is 10.1. The summed E-state index contributed by atoms with van der Waals surface area (Å²) in [6.45, 7) is 0. The van der Waals surface area contributed by atoms with Crippen LogP contribution in [0.1, 0.15) is 16.1 Å². The second-order valence-electron chi connectivity index (χ2n) is 6.49. The molecule has 29 heavy (non-hydrogen) atoms. The van der Waals surface area contributed by atoms with Gasteiger partial charge in [-0.15, -0.1) is 0 Å². The number of hydrogen-bond donors (Lipinski definition) is 2. The van der Waals surface area contributed by atoms with Gasteiger partial charge in [0, 0.05) is 29.5 Å². The van der Waals surface area contributed by atoms with Crippen LogP contribution >= 0.6 is 0 Å². The van der Waals surface area contributed by atoms with Crippen molar-refractivity contribution in [2.24, 2.45) is 0 Å². The highest BCUT2D eigenvalue weighted by molar-refractivity contribution is 6.02. The van der Waals surface area contributed by atoms with E-state index >= 15 is 0 Å². The van der Waals surface area contributed by atoms with Crippen molar-refractivity contribution in [3.63, 3.8) is 0 Å². The molecule has 0 saturated heterocycles. The first-order valence-corrected chi connectivity index (χ1v) is 9.14. The lowest BCUT2D eigenvalue weighted by Crippen LogP contribution is -2.14. The van der Waals surface area contributed by atoms with Crippen LogP contribution in [0.2, 0.25) is 0 Å². The lowest BCUT2D eigenvalue weighted by Gasteiger charge is -2.08. The van der Waals surface area contributed by atoms with E-state index in [1.807, 2.05) is 53.4 Å². The number of nitrogens with one attached hydrogen (secondary N) is 2. The first kappa shape index (κ1) is 18.3. The van der Waals surface area contributed by atoms with E-state index in [1.54, 1.807) is 36.4 Å². The highest BCUT2D eigenvalue weighted by Crippen LogP contribution is 2.16. The molecule has 0 spiro atoms. The van der Waals surface area contributed by atoms with Gasteiger partial charge in [0.05, 0.1) is 12.7 Å². The van der Waals surface area contributed by atoms with Crippen LogP contribution in [0.5, 0.6) is 0 Å². The van der Waals surface area contributed by atoms with Gasteiger partial charge in [0.15, 0.2) is 5.76 Å². The molecule has 0 aliphatic rings. The van der Waals surface area contributed by atoms with Gasteiger partial charge >= 0.3 is 0 Å². The summed E-state index contributed by atoms with van der Waals surface area (Å²) in [4.78, 5) is 24.3. The zero-order valence-corrected chi connectivity index (χ0v) is 15.5. The van der Waals surface area contributed by atoms with Crippen molar-refractivity contribution in [2.75, 3.05) is 10.6 Å². The number of furan rings is 1. The van der Waals surface area contributed by atoms with Crippen LogP contribution in [0.15, 0.2) is 95.9 Å². The van der Waals surface area contributed by atoms with Crippen LogP contribution in [0, 0.1) is 0 Å². The average Bonchev–Trinajstić information content (AvgIpc) is 3.44. The maximum Gasteiger partial charge on any atom is 0.291 e. The number of benzene rings is 2. The molecule has 2 amide bonds. The van der Waals surface area contributed by atoms with Crippen LogP contribution in [0.25, 0.3) is 5.69 Å². The van der Waals surface area contributed by atoms with E-state index in [2.05, 4.69) is 10.6 Å². The molecule has 6 heteroatoms. The summed E-state index contributed by atoms with van der Waals surface area (Å²) in [7, 11) is 0. The normalized spacial score (nSPS) is 10.5. The van der Waals surface area contributed by atoms with Gasteiger partial charge in [-0.3, -0.25) is 9.59 Å². The third-order valence-electron chi connectivity index (χ3n) is 4.38. The van der Waals surface area contributed by atoms with Gasteiger partial charge in [-0.1, -0.05) is 12.1 Å². The van der Waals surface area contributed by atoms with Gasteiger partial charge in [0.25, 0.3) is 5.91 Å². The van der Waals surface area contributed by atoms with Gasteiger partial charge in [-0.2, -0.15) is 0 Å². The zero-order chi connectivity index (χ0) is 20.1. The minimum absolute atomic E-state index is 0.105. The zero-order valence-electron chi connectivity index (χ0n) is 15.5. The van der Waals surface area contributed by atoms with Crippen LogP contribution in [0.3, 0.4) is 0 Å². The van der Waals surface area contributed by atoms with Crippen molar-refractivity contribution < 1.29 is 14.0 Å². The molecular formula is C23H19N3O3. The monoisotopic (exact) mass is 385 g/mol. The summed E-state index contributed by atoms with van der Waals surface area (Å²) in [6.07, 6.45) is 5.68. The summed E-state index contributed by atoms with van der Waals surface area (Å²) in [6, 6.07) is 22.0. The molecule has 144 valence electrons. The van der Waals surface area contributed by atoms with E-state index in [4.69, 9.17) is 4.42 Å². The molecule has 2 heterocycles. The van der Waals surface area contributed by atoms with Gasteiger partial charge in [-0.25, -0.2) is 0 Å². The Bertz CT molecular complexity index is 1080. The maximum atomic E-state index is 12.3. The Labute approximate surface area is 167 Å². The van der Waals surface area contributed by atoms with Crippen molar-refractivity contribution in [1.29, 1.82) is 0 Å². The number of nitrogens with zero attached hydrogens (tertiary/aromatic N) is 1. The molecule has 6 nitrogen and oxygen atoms in total. The summed E-state index contributed by atoms with van der Waals surface area (Å²) < 4.78 is 7.07. The number of anilines is 2. The topological polar surface area (TPSA) is 76.3 Å². The first-order valence-electron chi connectivity index (χ1n) is 9.14. The van der Waals surface area contributed by atoms with Gasteiger partial charge < -0.3 is 19.6 Å². The number of rotatable bonds is 6. The molecular weight excluding hydrogens is 366 g/mol. The smallest absolute Gasteiger partial charge is 0.291 e. The SMILES string of the molecule is O=C(Cc1ccc(-n2cccc2)cc1)Nc1ccc(NC(=O)c2ccco2)cc1. The average molecular weight is 385 g/mol. The van der Waals surface area contributed by atoms with E-state index in [0.717, 1.165) is 11.3 Å². The molecule has 0 aliphatic carbocycles. The Morgan fingerprint density at radius 2 is 1.45 bits per heavy atom. The molecule has 2 N–H and O–H groups in total. The van der Waals surface area contributed by atoms with Crippen LogP contribution in [-0.4, -0.2) is 16.4 Å². The molecule has 0 saturated carbocycles. The van der Waals surface area contributed by atoms with E-state index < -0.39 is 0 Å². The Morgan fingerprint density at radius 3 is 2.07 bits per heavy atom. The number of carbonyl (C=O) groups excluding carboxylic acids is 2. The van der Waals surface area contributed by atoms with Crippen molar-refractivity contribution in [2.45, 2.75) is 6.42 Å². The maximum absolute atomic E-state index is 12.3. The Morgan fingerprint density at radius 1 is 0.793 bits per heavy atom. The molecule has 4 aromatic rings. The molecule has 0 radical (unpaired) electrons. The predicted molar refractivity (Wildman–Crippen MR) is 111 cm³/mol. The quantitative estimate of drug-likeness (QED) is 0.513. The fourth-order valence-electron chi connectivity index (χ4n) is 2.92. The lowest BCUT2D eigenvalue weighted by molar-refractivity contribution is -0.115. The summed E-state index contributed by atoms with van der Waals surface area (Å²) >= 11 is 0. The third kappa shape index (κ3) is 4.62. The van der Waals surface area contributed by atoms with Gasteiger partial charge in [0.2, 0.25) is 5.91 Å². The van der Waals surface area contributed by atoms with E-state index in [1.165, 1.54) is 6.26 Å². The van der Waals surface area contributed by atoms with Crippen molar-refractivity contribution in [1.82, 2.24) is 4.57 Å². The Balaban J connectivity index is 1.32. The fraction of sp³-hybridized carbons (Fsp3) is 0.0435. The fourth-order valence-corrected chi connectivity index (χ4v) is 2.92. The predicted octanol–water partition coefficient (Wildman–Crippen LogP) is 4.50. The third-order valence-corrected chi connectivity index (χ3v) is 4.38. The van der Waals surface area contributed by atoms with Crippen LogP contribution in [0.4, 0.5) is 11.4 Å². The first-order chi connectivity index (χ1) is 14.2. The minimum atomic E-state index is -0.324. The molecule has 0 bridgehead atoms. The highest BCUT2D eigenvalue weighted by Gasteiger charge is 2.09. The summed E-state index contributed by atoms with van der Waals surface area (Å²) in [5.74, 6) is -0.189. The second kappa shape index (κ2) is 8.31. The molecule has 0 aliphatic heterocycles. The second-order valence-corrected chi connectivity index (χ2v) is 6.49. The number of hydrogen-bond acceptors (Lipinski definition) is 3. The van der Waals surface area contributed by atoms with E-state index in [9.17, 15) is 9.59 Å². The standard InChI is InChI=1S/C23H19N3O3/c27-22(16-17-5-11-20(12-6-17)26-13-1-2-14-26)24-18-7-9-19(10-8-18)25-23(28)21-4-3-15-29-21/h1-15H,16H2,(H,24,27)(H,25,28). The number of aromatic nitrogens is 1. The van der Waals surface area contributed by atoms with Crippen molar-refractivity contribution in [3.05, 3.63) is 103 Å². The largest absolute Gasteiger partial charge is 0.459 e. The summed E-state index contributed by atoms with van der Waals surface area (Å²) in [5.41, 5.74) is 3.26. The Hall–Kier alpha value is -4.06. The molecule has 0 atom stereocenters. The summed E-state index contributed by atoms with van der Waals surface area (Å²) in [5, 5.41) is 5.60. The van der Waals surface area contributed by atoms with Crippen molar-refractivity contribution >= 4 is 23.2 Å². The van der Waals surface area contributed by atoms with Gasteiger partial charge in [-0.05, 0) is 66.2 Å². The van der Waals surface area contributed by atoms with Crippen LogP contribution in [-0.2, 0) is 11.2 Å². The van der Waals surface area contributed by atoms with Gasteiger partial charge in [0.1, 0.15) is 0 Å². The molecule has 0 unspecified atom stereocenters.